The van der Waals surface area contributed by atoms with Crippen molar-refractivity contribution >= 4 is 32.0 Å². The molecule has 1 fully saturated rings. The van der Waals surface area contributed by atoms with Crippen LogP contribution in [0, 0.1) is 10.1 Å². The molecule has 8 nitrogen and oxygen atoms in total. The minimum Gasteiger partial charge on any atom is -0.385 e. The molecule has 1 atom stereocenters. The van der Waals surface area contributed by atoms with Crippen LogP contribution in [0.5, 0.6) is 0 Å². The minimum atomic E-state index is -3.79. The highest BCUT2D eigenvalue weighted by molar-refractivity contribution is 7.91. The van der Waals surface area contributed by atoms with Crippen LogP contribution in [0.3, 0.4) is 0 Å². The number of ether oxygens (including phenoxy) is 1. The van der Waals surface area contributed by atoms with Gasteiger partial charge in [-0.05, 0) is 19.3 Å². The molecule has 0 aromatic carbocycles. The molecule has 2 rings (SSSR count). The van der Waals surface area contributed by atoms with Gasteiger partial charge in [0.15, 0.2) is 5.00 Å². The fourth-order valence-electron chi connectivity index (χ4n) is 1.89. The van der Waals surface area contributed by atoms with Crippen LogP contribution < -0.4 is 10.5 Å². The fourth-order valence-corrected chi connectivity index (χ4v) is 4.21. The summed E-state index contributed by atoms with van der Waals surface area (Å²) in [5.74, 6) is 0. The van der Waals surface area contributed by atoms with E-state index in [9.17, 15) is 18.5 Å². The van der Waals surface area contributed by atoms with E-state index in [1.54, 1.807) is 0 Å². The maximum Gasteiger partial charge on any atom is 0.304 e. The Hall–Kier alpha value is -1.23. The number of nitrogens with two attached hydrogens (primary N) is 1. The number of thiophene rings is 1. The molecule has 1 aromatic rings. The highest BCUT2D eigenvalue weighted by Gasteiger charge is 2.25. The lowest BCUT2D eigenvalue weighted by molar-refractivity contribution is -0.383. The van der Waals surface area contributed by atoms with E-state index in [2.05, 4.69) is 4.72 Å². The summed E-state index contributed by atoms with van der Waals surface area (Å²) in [7, 11) is -3.79. The summed E-state index contributed by atoms with van der Waals surface area (Å²) >= 11 is 0.681. The topological polar surface area (TPSA) is 125 Å². The average molecular weight is 321 g/mol. The normalized spacial score (nSPS) is 19.9. The Labute approximate surface area is 120 Å². The van der Waals surface area contributed by atoms with Crippen LogP contribution in [0.2, 0.25) is 0 Å². The number of nitrogens with zero attached hydrogens (tertiary/aromatic N) is 1. The number of hydrogen-bond donors (Lipinski definition) is 2. The number of anilines is 1. The second kappa shape index (κ2) is 6.04. The molecule has 1 aliphatic heterocycles. The standard InChI is InChI=1S/C10H15N3O5S2/c11-10-8(13(14)15)5-9(19-10)20(16,17)12-6-7-3-1-2-4-18-7/h5,7,12H,1-4,6,11H2. The Morgan fingerprint density at radius 1 is 1.55 bits per heavy atom. The lowest BCUT2D eigenvalue weighted by Crippen LogP contribution is -2.35. The largest absolute Gasteiger partial charge is 0.385 e. The zero-order valence-corrected chi connectivity index (χ0v) is 12.2. The van der Waals surface area contributed by atoms with E-state index in [1.807, 2.05) is 0 Å². The van der Waals surface area contributed by atoms with Gasteiger partial charge >= 0.3 is 5.69 Å². The predicted octanol–water partition coefficient (Wildman–Crippen LogP) is 1.09. The molecule has 1 aromatic heterocycles. The van der Waals surface area contributed by atoms with E-state index in [0.717, 1.165) is 25.3 Å². The lowest BCUT2D eigenvalue weighted by Gasteiger charge is -2.22. The molecule has 0 amide bonds. The van der Waals surface area contributed by atoms with Gasteiger partial charge in [-0.25, -0.2) is 13.1 Å². The van der Waals surface area contributed by atoms with E-state index >= 15 is 0 Å². The molecule has 112 valence electrons. The molecule has 1 aliphatic rings. The molecule has 0 radical (unpaired) electrons. The summed E-state index contributed by atoms with van der Waals surface area (Å²) in [4.78, 5) is 9.96. The fraction of sp³-hybridized carbons (Fsp3) is 0.600. The molecule has 0 saturated carbocycles. The van der Waals surface area contributed by atoms with Gasteiger partial charge in [-0.15, -0.1) is 0 Å². The minimum absolute atomic E-state index is 0.121. The summed E-state index contributed by atoms with van der Waals surface area (Å²) in [6.45, 7) is 0.789. The summed E-state index contributed by atoms with van der Waals surface area (Å²) in [6, 6.07) is 0.976. The van der Waals surface area contributed by atoms with Crippen molar-refractivity contribution in [2.75, 3.05) is 18.9 Å². The predicted molar refractivity (Wildman–Crippen MR) is 74.2 cm³/mol. The zero-order valence-electron chi connectivity index (χ0n) is 10.6. The molecular weight excluding hydrogens is 306 g/mol. The van der Waals surface area contributed by atoms with E-state index in [0.29, 0.717) is 17.9 Å². The maximum absolute atomic E-state index is 12.0. The third-order valence-electron chi connectivity index (χ3n) is 2.95. The van der Waals surface area contributed by atoms with Crippen molar-refractivity contribution in [3.63, 3.8) is 0 Å². The van der Waals surface area contributed by atoms with Gasteiger partial charge in [0.05, 0.1) is 11.0 Å². The third-order valence-corrected chi connectivity index (χ3v) is 5.80. The first kappa shape index (κ1) is 15.2. The molecule has 10 heteroatoms. The Morgan fingerprint density at radius 3 is 2.85 bits per heavy atom. The number of rotatable bonds is 5. The molecule has 1 unspecified atom stereocenters. The van der Waals surface area contributed by atoms with Crippen molar-refractivity contribution in [1.82, 2.24) is 4.72 Å². The van der Waals surface area contributed by atoms with Crippen molar-refractivity contribution in [3.8, 4) is 0 Å². The van der Waals surface area contributed by atoms with Crippen molar-refractivity contribution in [1.29, 1.82) is 0 Å². The van der Waals surface area contributed by atoms with E-state index in [-0.39, 0.29) is 27.5 Å². The van der Waals surface area contributed by atoms with Crippen LogP contribution in [0.25, 0.3) is 0 Å². The maximum atomic E-state index is 12.0. The molecule has 20 heavy (non-hydrogen) atoms. The zero-order chi connectivity index (χ0) is 14.8. The van der Waals surface area contributed by atoms with Crippen LogP contribution in [-0.2, 0) is 14.8 Å². The average Bonchev–Trinajstić information content (AvgIpc) is 2.81. The van der Waals surface area contributed by atoms with Gasteiger partial charge in [-0.2, -0.15) is 0 Å². The number of hydrogen-bond acceptors (Lipinski definition) is 7. The molecule has 3 N–H and O–H groups in total. The van der Waals surface area contributed by atoms with E-state index in [4.69, 9.17) is 10.5 Å². The summed E-state index contributed by atoms with van der Waals surface area (Å²) < 4.78 is 31.7. The van der Waals surface area contributed by atoms with Gasteiger partial charge in [0.25, 0.3) is 0 Å². The monoisotopic (exact) mass is 321 g/mol. The van der Waals surface area contributed by atoms with Crippen LogP contribution in [0.1, 0.15) is 19.3 Å². The molecule has 0 aliphatic carbocycles. The van der Waals surface area contributed by atoms with Gasteiger partial charge in [-0.1, -0.05) is 11.3 Å². The van der Waals surface area contributed by atoms with Crippen LogP contribution in [-0.4, -0.2) is 32.6 Å². The number of nitro groups is 1. The summed E-state index contributed by atoms with van der Waals surface area (Å²) in [6.07, 6.45) is 2.64. The number of nitrogens with one attached hydrogen (secondary N) is 1. The third kappa shape index (κ3) is 3.45. The van der Waals surface area contributed by atoms with Gasteiger partial charge in [0.2, 0.25) is 10.0 Å². The van der Waals surface area contributed by atoms with Crippen molar-refractivity contribution in [2.24, 2.45) is 0 Å². The quantitative estimate of drug-likeness (QED) is 0.617. The Bertz CT molecular complexity index is 592. The Morgan fingerprint density at radius 2 is 2.30 bits per heavy atom. The SMILES string of the molecule is Nc1sc(S(=O)(=O)NCC2CCCCO2)cc1[N+](=O)[O-]. The molecule has 0 spiro atoms. The van der Waals surface area contributed by atoms with Crippen molar-refractivity contribution in [2.45, 2.75) is 29.6 Å². The molecule has 2 heterocycles. The smallest absolute Gasteiger partial charge is 0.304 e. The van der Waals surface area contributed by atoms with Crippen LogP contribution in [0.4, 0.5) is 10.7 Å². The molecule has 1 saturated heterocycles. The van der Waals surface area contributed by atoms with Gasteiger partial charge in [0, 0.05) is 19.2 Å². The first-order valence-corrected chi connectivity index (χ1v) is 8.35. The van der Waals surface area contributed by atoms with E-state index < -0.39 is 14.9 Å². The van der Waals surface area contributed by atoms with Gasteiger partial charge in [0.1, 0.15) is 4.21 Å². The second-order valence-electron chi connectivity index (χ2n) is 4.41. The Balaban J connectivity index is 2.06. The highest BCUT2D eigenvalue weighted by Crippen LogP contribution is 2.34. The lowest BCUT2D eigenvalue weighted by atomic mass is 10.1. The van der Waals surface area contributed by atoms with Gasteiger partial charge in [-0.3, -0.25) is 10.1 Å². The van der Waals surface area contributed by atoms with Gasteiger partial charge < -0.3 is 10.5 Å². The molecule has 0 bridgehead atoms. The van der Waals surface area contributed by atoms with Crippen LogP contribution >= 0.6 is 11.3 Å². The highest BCUT2D eigenvalue weighted by atomic mass is 32.2. The Kier molecular flexibility index (Phi) is 4.58. The first-order chi connectivity index (χ1) is 9.40. The van der Waals surface area contributed by atoms with Crippen molar-refractivity contribution < 1.29 is 18.1 Å². The summed E-state index contributed by atoms with van der Waals surface area (Å²) in [5.41, 5.74) is 5.05. The summed E-state index contributed by atoms with van der Waals surface area (Å²) in [5, 5.41) is 10.5. The van der Waals surface area contributed by atoms with Crippen molar-refractivity contribution in [3.05, 3.63) is 16.2 Å². The number of sulfonamides is 1. The van der Waals surface area contributed by atoms with Crippen LogP contribution in [0.15, 0.2) is 10.3 Å². The second-order valence-corrected chi connectivity index (χ2v) is 7.49. The van der Waals surface area contributed by atoms with E-state index in [1.165, 1.54) is 0 Å². The molecular formula is C10H15N3O5S2. The first-order valence-electron chi connectivity index (χ1n) is 6.05. The number of nitrogen functional groups attached to an aromatic ring is 1.